The molecule has 16 heavy (non-hydrogen) atoms. The van der Waals surface area contributed by atoms with Crippen molar-refractivity contribution in [2.75, 3.05) is 0 Å². The van der Waals surface area contributed by atoms with Crippen molar-refractivity contribution in [1.82, 2.24) is 0 Å². The number of cyclic esters (lactones) is 1. The monoisotopic (exact) mass is 218 g/mol. The zero-order valence-electron chi connectivity index (χ0n) is 10.1. The Bertz CT molecular complexity index is 381. The molecule has 2 nitrogen and oxygen atoms in total. The van der Waals surface area contributed by atoms with Gasteiger partial charge in [0.05, 0.1) is 12.0 Å². The molecule has 1 fully saturated rings. The molecule has 0 aromatic heterocycles. The van der Waals surface area contributed by atoms with E-state index in [1.165, 1.54) is 0 Å². The van der Waals surface area contributed by atoms with Gasteiger partial charge >= 0.3 is 5.97 Å². The molecular formula is C14H18O2. The van der Waals surface area contributed by atoms with E-state index in [0.717, 1.165) is 12.0 Å². The van der Waals surface area contributed by atoms with Gasteiger partial charge in [-0.1, -0.05) is 44.2 Å². The first-order valence-electron chi connectivity index (χ1n) is 5.76. The summed E-state index contributed by atoms with van der Waals surface area (Å²) in [5, 5.41) is 0. The number of esters is 1. The van der Waals surface area contributed by atoms with Gasteiger partial charge in [0, 0.05) is 0 Å². The second-order valence-electron chi connectivity index (χ2n) is 5.28. The SMILES string of the molecule is CC1CC(C)(C)C(c2ccccc2)C(=O)O1. The van der Waals surface area contributed by atoms with Gasteiger partial charge in [0.15, 0.2) is 0 Å². The zero-order valence-corrected chi connectivity index (χ0v) is 10.1. The van der Waals surface area contributed by atoms with Crippen LogP contribution in [0.2, 0.25) is 0 Å². The van der Waals surface area contributed by atoms with Crippen LogP contribution in [0.4, 0.5) is 0 Å². The summed E-state index contributed by atoms with van der Waals surface area (Å²) in [5.41, 5.74) is 1.03. The first-order valence-corrected chi connectivity index (χ1v) is 5.76. The molecule has 2 atom stereocenters. The van der Waals surface area contributed by atoms with E-state index in [9.17, 15) is 4.79 Å². The van der Waals surface area contributed by atoms with Gasteiger partial charge in [-0.05, 0) is 24.3 Å². The minimum Gasteiger partial charge on any atom is -0.462 e. The summed E-state index contributed by atoms with van der Waals surface area (Å²) in [6, 6.07) is 9.91. The maximum atomic E-state index is 12.0. The molecule has 1 aliphatic rings. The maximum Gasteiger partial charge on any atom is 0.314 e. The molecule has 0 radical (unpaired) electrons. The van der Waals surface area contributed by atoms with E-state index in [1.54, 1.807) is 0 Å². The Morgan fingerprint density at radius 3 is 2.44 bits per heavy atom. The van der Waals surface area contributed by atoms with Crippen molar-refractivity contribution >= 4 is 5.97 Å². The van der Waals surface area contributed by atoms with Crippen LogP contribution in [0.15, 0.2) is 30.3 Å². The molecule has 0 aliphatic carbocycles. The fourth-order valence-electron chi connectivity index (χ4n) is 2.72. The number of rotatable bonds is 1. The maximum absolute atomic E-state index is 12.0. The lowest BCUT2D eigenvalue weighted by molar-refractivity contribution is -0.162. The van der Waals surface area contributed by atoms with Gasteiger partial charge in [-0.2, -0.15) is 0 Å². The van der Waals surface area contributed by atoms with Gasteiger partial charge in [0.1, 0.15) is 0 Å². The van der Waals surface area contributed by atoms with E-state index in [0.29, 0.717) is 0 Å². The molecule has 1 aliphatic heterocycles. The lowest BCUT2D eigenvalue weighted by atomic mass is 9.70. The van der Waals surface area contributed by atoms with E-state index < -0.39 is 0 Å². The van der Waals surface area contributed by atoms with Crippen molar-refractivity contribution in [3.63, 3.8) is 0 Å². The number of carbonyl (C=O) groups excluding carboxylic acids is 1. The highest BCUT2D eigenvalue weighted by molar-refractivity contribution is 5.80. The standard InChI is InChI=1S/C14H18O2/c1-10-9-14(2,3)12(13(15)16-10)11-7-5-4-6-8-11/h4-8,10,12H,9H2,1-3H3. The largest absolute Gasteiger partial charge is 0.462 e. The zero-order chi connectivity index (χ0) is 11.8. The predicted molar refractivity (Wildman–Crippen MR) is 63.1 cm³/mol. The van der Waals surface area contributed by atoms with Crippen molar-refractivity contribution in [3.8, 4) is 0 Å². The summed E-state index contributed by atoms with van der Waals surface area (Å²) in [7, 11) is 0. The first kappa shape index (κ1) is 11.2. The Hall–Kier alpha value is -1.31. The van der Waals surface area contributed by atoms with Crippen LogP contribution in [0.5, 0.6) is 0 Å². The smallest absolute Gasteiger partial charge is 0.314 e. The van der Waals surface area contributed by atoms with Crippen molar-refractivity contribution in [2.24, 2.45) is 5.41 Å². The Labute approximate surface area is 96.6 Å². The predicted octanol–water partition coefficient (Wildman–Crippen LogP) is 3.13. The van der Waals surface area contributed by atoms with Crippen LogP contribution < -0.4 is 0 Å². The minimum atomic E-state index is -0.134. The van der Waals surface area contributed by atoms with Crippen LogP contribution in [-0.4, -0.2) is 12.1 Å². The van der Waals surface area contributed by atoms with Crippen LogP contribution in [0.3, 0.4) is 0 Å². The van der Waals surface area contributed by atoms with Gasteiger partial charge in [-0.25, -0.2) is 0 Å². The van der Waals surface area contributed by atoms with E-state index >= 15 is 0 Å². The molecule has 1 saturated heterocycles. The molecule has 0 bridgehead atoms. The van der Waals surface area contributed by atoms with E-state index in [-0.39, 0.29) is 23.4 Å². The molecule has 86 valence electrons. The Morgan fingerprint density at radius 2 is 1.88 bits per heavy atom. The van der Waals surface area contributed by atoms with Gasteiger partial charge in [-0.3, -0.25) is 4.79 Å². The van der Waals surface area contributed by atoms with Crippen molar-refractivity contribution in [1.29, 1.82) is 0 Å². The first-order chi connectivity index (χ1) is 7.50. The lowest BCUT2D eigenvalue weighted by Gasteiger charge is -2.40. The van der Waals surface area contributed by atoms with Crippen LogP contribution in [0, 0.1) is 5.41 Å². The quantitative estimate of drug-likeness (QED) is 0.677. The van der Waals surface area contributed by atoms with Gasteiger partial charge in [0.2, 0.25) is 0 Å². The highest BCUT2D eigenvalue weighted by Crippen LogP contribution is 2.44. The molecule has 1 aromatic carbocycles. The molecule has 0 spiro atoms. The van der Waals surface area contributed by atoms with Crippen LogP contribution >= 0.6 is 0 Å². The molecule has 0 N–H and O–H groups in total. The van der Waals surface area contributed by atoms with Gasteiger partial charge in [-0.15, -0.1) is 0 Å². The molecule has 1 aromatic rings. The van der Waals surface area contributed by atoms with E-state index in [4.69, 9.17) is 4.74 Å². The Morgan fingerprint density at radius 1 is 1.25 bits per heavy atom. The summed E-state index contributed by atoms with van der Waals surface area (Å²) >= 11 is 0. The normalized spacial score (nSPS) is 28.6. The Balaban J connectivity index is 2.35. The van der Waals surface area contributed by atoms with E-state index in [2.05, 4.69) is 13.8 Å². The lowest BCUT2D eigenvalue weighted by Crippen LogP contribution is -2.40. The van der Waals surface area contributed by atoms with Crippen molar-refractivity contribution in [2.45, 2.75) is 39.2 Å². The second kappa shape index (κ2) is 3.93. The average molecular weight is 218 g/mol. The third kappa shape index (κ3) is 1.97. The molecule has 0 amide bonds. The molecule has 2 heteroatoms. The van der Waals surface area contributed by atoms with Crippen molar-refractivity contribution < 1.29 is 9.53 Å². The summed E-state index contributed by atoms with van der Waals surface area (Å²) in [5.74, 6) is -0.222. The highest BCUT2D eigenvalue weighted by Gasteiger charge is 2.43. The number of benzene rings is 1. The summed E-state index contributed by atoms with van der Waals surface area (Å²) in [6.07, 6.45) is 0.945. The number of carbonyl (C=O) groups is 1. The number of hydrogen-bond acceptors (Lipinski definition) is 2. The van der Waals surface area contributed by atoms with Crippen molar-refractivity contribution in [3.05, 3.63) is 35.9 Å². The van der Waals surface area contributed by atoms with Gasteiger partial charge < -0.3 is 4.74 Å². The van der Waals surface area contributed by atoms with Gasteiger partial charge in [0.25, 0.3) is 0 Å². The number of ether oxygens (including phenoxy) is 1. The molecular weight excluding hydrogens is 200 g/mol. The van der Waals surface area contributed by atoms with Crippen LogP contribution in [-0.2, 0) is 9.53 Å². The summed E-state index contributed by atoms with van der Waals surface area (Å²) in [4.78, 5) is 12.0. The number of hydrogen-bond donors (Lipinski definition) is 0. The second-order valence-corrected chi connectivity index (χ2v) is 5.28. The minimum absolute atomic E-state index is 0.0301. The fraction of sp³-hybridized carbons (Fsp3) is 0.500. The highest BCUT2D eigenvalue weighted by atomic mass is 16.5. The third-order valence-corrected chi connectivity index (χ3v) is 3.28. The Kier molecular flexibility index (Phi) is 2.75. The molecule has 2 unspecified atom stereocenters. The summed E-state index contributed by atoms with van der Waals surface area (Å²) < 4.78 is 5.35. The van der Waals surface area contributed by atoms with E-state index in [1.807, 2.05) is 37.3 Å². The fourth-order valence-corrected chi connectivity index (χ4v) is 2.72. The topological polar surface area (TPSA) is 26.3 Å². The molecule has 1 heterocycles. The van der Waals surface area contributed by atoms with Crippen LogP contribution in [0.1, 0.15) is 38.7 Å². The summed E-state index contributed by atoms with van der Waals surface area (Å²) in [6.45, 7) is 6.24. The third-order valence-electron chi connectivity index (χ3n) is 3.28. The average Bonchev–Trinajstić information content (AvgIpc) is 2.15. The van der Waals surface area contributed by atoms with Crippen LogP contribution in [0.25, 0.3) is 0 Å². The molecule has 2 rings (SSSR count). The molecule has 0 saturated carbocycles.